The van der Waals surface area contributed by atoms with Gasteiger partial charge in [0.05, 0.1) is 5.56 Å². The van der Waals surface area contributed by atoms with Crippen LogP contribution in [0.4, 0.5) is 4.39 Å². The van der Waals surface area contributed by atoms with Gasteiger partial charge in [0.2, 0.25) is 0 Å². The quantitative estimate of drug-likeness (QED) is 0.589. The Hall–Kier alpha value is -1.60. The number of hydrogen-bond acceptors (Lipinski definition) is 2. The van der Waals surface area contributed by atoms with Crippen LogP contribution in [0, 0.1) is 23.1 Å². The van der Waals surface area contributed by atoms with E-state index in [0.29, 0.717) is 0 Å². The van der Waals surface area contributed by atoms with Crippen molar-refractivity contribution in [1.82, 2.24) is 0 Å². The first-order valence-electron chi connectivity index (χ1n) is 6.16. The molecule has 0 amide bonds. The molecule has 0 radical (unpaired) electrons. The van der Waals surface area contributed by atoms with Crippen molar-refractivity contribution in [3.05, 3.63) is 35.6 Å². The number of benzene rings is 1. The van der Waals surface area contributed by atoms with Gasteiger partial charge in [0.15, 0.2) is 5.78 Å². The van der Waals surface area contributed by atoms with E-state index in [9.17, 15) is 13.4 Å². The van der Waals surface area contributed by atoms with E-state index in [1.54, 1.807) is 32.9 Å². The molecule has 0 saturated carbocycles. The second kappa shape index (κ2) is 5.80. The van der Waals surface area contributed by atoms with Crippen LogP contribution >= 0.6 is 0 Å². The molecule has 0 aromatic heterocycles. The summed E-state index contributed by atoms with van der Waals surface area (Å²) in [6.07, 6.45) is 2.95. The third-order valence-electron chi connectivity index (χ3n) is 2.56. The van der Waals surface area contributed by atoms with Gasteiger partial charge in [-0.05, 0) is 27.6 Å². The molecule has 0 aliphatic rings. The Bertz CT molecular complexity index is 698. The van der Waals surface area contributed by atoms with Crippen molar-refractivity contribution in [3.8, 4) is 11.8 Å². The number of hydrogen-bond donors (Lipinski definition) is 0. The van der Waals surface area contributed by atoms with E-state index in [1.807, 2.05) is 0 Å². The molecule has 0 N–H and O–H groups in total. The third kappa shape index (κ3) is 4.21. The Balaban J connectivity index is 3.39. The van der Waals surface area contributed by atoms with E-state index in [0.717, 1.165) is 0 Å². The van der Waals surface area contributed by atoms with Crippen LogP contribution in [-0.2, 0) is 14.3 Å². The molecule has 1 rings (SSSR count). The summed E-state index contributed by atoms with van der Waals surface area (Å²) < 4.78 is 25.7. The maximum Gasteiger partial charge on any atom is 0.184 e. The summed E-state index contributed by atoms with van der Waals surface area (Å²) in [6.45, 7) is 5.22. The first-order chi connectivity index (χ1) is 9.03. The summed E-state index contributed by atoms with van der Waals surface area (Å²) in [5.74, 6) is 4.51. The van der Waals surface area contributed by atoms with Crippen LogP contribution in [0.5, 0.6) is 0 Å². The van der Waals surface area contributed by atoms with Crippen molar-refractivity contribution in [2.24, 2.45) is 5.41 Å². The van der Waals surface area contributed by atoms with E-state index in [4.69, 9.17) is 0 Å². The highest BCUT2D eigenvalue weighted by Gasteiger charge is 2.27. The molecule has 1 aromatic rings. The third-order valence-corrected chi connectivity index (χ3v) is 3.83. The minimum Gasteiger partial charge on any atom is -0.292 e. The van der Waals surface area contributed by atoms with Crippen molar-refractivity contribution >= 4 is 20.2 Å². The molecule has 108 valence electrons. The van der Waals surface area contributed by atoms with Crippen LogP contribution in [0.3, 0.4) is 0 Å². The van der Waals surface area contributed by atoms with Gasteiger partial charge in [0.25, 0.3) is 0 Å². The SMILES string of the molecule is CC(C)(C)C(=O)C(C#Cc1ccccc1F)=S(C)(C)=O. The van der Waals surface area contributed by atoms with E-state index in [2.05, 4.69) is 11.8 Å². The summed E-state index contributed by atoms with van der Waals surface area (Å²) in [7, 11) is -2.51. The lowest BCUT2D eigenvalue weighted by Gasteiger charge is -2.17. The fourth-order valence-corrected chi connectivity index (χ4v) is 2.48. The van der Waals surface area contributed by atoms with Gasteiger partial charge >= 0.3 is 0 Å². The van der Waals surface area contributed by atoms with Crippen LogP contribution in [0.1, 0.15) is 26.3 Å². The summed E-state index contributed by atoms with van der Waals surface area (Å²) in [6, 6.07) is 6.04. The highest BCUT2D eigenvalue weighted by atomic mass is 32.2. The second-order valence-electron chi connectivity index (χ2n) is 5.87. The van der Waals surface area contributed by atoms with Crippen LogP contribution in [0.25, 0.3) is 0 Å². The normalized spacial score (nSPS) is 11.5. The minimum absolute atomic E-state index is 0.0632. The van der Waals surface area contributed by atoms with E-state index in [-0.39, 0.29) is 16.2 Å². The fraction of sp³-hybridized carbons (Fsp3) is 0.375. The number of carbonyl (C=O) groups is 1. The maximum absolute atomic E-state index is 13.5. The molecule has 0 bridgehead atoms. The van der Waals surface area contributed by atoms with Crippen molar-refractivity contribution < 1.29 is 13.4 Å². The maximum atomic E-state index is 13.5. The Labute approximate surface area is 120 Å². The summed E-state index contributed by atoms with van der Waals surface area (Å²) in [5.41, 5.74) is -0.483. The van der Waals surface area contributed by atoms with Gasteiger partial charge in [-0.2, -0.15) is 0 Å². The highest BCUT2D eigenvalue weighted by Crippen LogP contribution is 2.16. The fourth-order valence-electron chi connectivity index (χ4n) is 1.43. The minimum atomic E-state index is -2.51. The molecule has 0 heterocycles. The standard InChI is InChI=1S/C16H19FO2S/c1-16(2,3)15(18)14(20(4,5)19)11-10-12-8-6-7-9-13(12)17/h6-9H,1-5H3. The zero-order valence-corrected chi connectivity index (χ0v) is 13.2. The smallest absolute Gasteiger partial charge is 0.184 e. The Morgan fingerprint density at radius 3 is 2.20 bits per heavy atom. The molecule has 0 unspecified atom stereocenters. The van der Waals surface area contributed by atoms with Crippen LogP contribution in [0.2, 0.25) is 0 Å². The van der Waals surface area contributed by atoms with Crippen molar-refractivity contribution in [1.29, 1.82) is 0 Å². The molecule has 20 heavy (non-hydrogen) atoms. The van der Waals surface area contributed by atoms with E-state index < -0.39 is 20.8 Å². The van der Waals surface area contributed by atoms with E-state index >= 15 is 0 Å². The number of halogens is 1. The van der Waals surface area contributed by atoms with Gasteiger partial charge in [0.1, 0.15) is 10.7 Å². The largest absolute Gasteiger partial charge is 0.292 e. The lowest BCUT2D eigenvalue weighted by molar-refractivity contribution is -0.119. The predicted molar refractivity (Wildman–Crippen MR) is 82.7 cm³/mol. The molecular formula is C16H19FO2S. The highest BCUT2D eigenvalue weighted by molar-refractivity contribution is 8.02. The molecule has 0 aliphatic heterocycles. The molecule has 0 saturated heterocycles. The molecule has 0 spiro atoms. The molecule has 4 heteroatoms. The predicted octanol–water partition coefficient (Wildman–Crippen LogP) is 2.51. The zero-order chi connectivity index (χ0) is 15.6. The lowest BCUT2D eigenvalue weighted by Crippen LogP contribution is -2.31. The van der Waals surface area contributed by atoms with Crippen LogP contribution in [0.15, 0.2) is 24.3 Å². The van der Waals surface area contributed by atoms with Crippen LogP contribution in [-0.4, -0.2) is 27.4 Å². The number of carbonyl (C=O) groups excluding carboxylic acids is 1. The van der Waals surface area contributed by atoms with Crippen molar-refractivity contribution in [2.75, 3.05) is 12.5 Å². The van der Waals surface area contributed by atoms with E-state index in [1.165, 1.54) is 24.6 Å². The first kappa shape index (κ1) is 16.5. The average molecular weight is 294 g/mol. The Morgan fingerprint density at radius 2 is 1.75 bits per heavy atom. The van der Waals surface area contributed by atoms with Crippen molar-refractivity contribution in [2.45, 2.75) is 20.8 Å². The molecule has 0 atom stereocenters. The Kier molecular flexibility index (Phi) is 4.77. The van der Waals surface area contributed by atoms with Gasteiger partial charge in [-0.1, -0.05) is 38.8 Å². The zero-order valence-electron chi connectivity index (χ0n) is 12.4. The molecule has 0 fully saturated rings. The van der Waals surface area contributed by atoms with Gasteiger partial charge in [-0.15, -0.1) is 0 Å². The number of rotatable bonds is 1. The van der Waals surface area contributed by atoms with Gasteiger partial charge in [0, 0.05) is 17.9 Å². The van der Waals surface area contributed by atoms with Crippen LogP contribution < -0.4 is 0 Å². The second-order valence-corrected chi connectivity index (χ2v) is 8.75. The number of Topliss-reactive ketones (excluding diaryl/α,β-unsaturated/α-hetero) is 1. The first-order valence-corrected chi connectivity index (χ1v) is 8.53. The summed E-state index contributed by atoms with van der Waals surface area (Å²) >= 11 is 0. The molecule has 0 aliphatic carbocycles. The molecule has 1 aromatic carbocycles. The van der Waals surface area contributed by atoms with Gasteiger partial charge in [-0.25, -0.2) is 4.39 Å². The lowest BCUT2D eigenvalue weighted by atomic mass is 9.89. The summed E-state index contributed by atoms with van der Waals surface area (Å²) in [4.78, 5) is 12.4. The van der Waals surface area contributed by atoms with Crippen molar-refractivity contribution in [3.63, 3.8) is 0 Å². The Morgan fingerprint density at radius 1 is 1.20 bits per heavy atom. The summed E-state index contributed by atoms with van der Waals surface area (Å²) in [5, 5.41) is 0. The number of ketones is 1. The molecular weight excluding hydrogens is 275 g/mol. The average Bonchev–Trinajstić information content (AvgIpc) is 2.28. The monoisotopic (exact) mass is 294 g/mol. The topological polar surface area (TPSA) is 34.1 Å². The van der Waals surface area contributed by atoms with Gasteiger partial charge < -0.3 is 0 Å². The van der Waals surface area contributed by atoms with Gasteiger partial charge in [-0.3, -0.25) is 9.00 Å². The molecule has 2 nitrogen and oxygen atoms in total.